The van der Waals surface area contributed by atoms with Crippen LogP contribution in [-0.2, 0) is 0 Å². The van der Waals surface area contributed by atoms with Crippen LogP contribution in [0.15, 0.2) is 40.9 Å². The summed E-state index contributed by atoms with van der Waals surface area (Å²) in [7, 11) is 0. The van der Waals surface area contributed by atoms with E-state index in [-0.39, 0.29) is 5.56 Å². The van der Waals surface area contributed by atoms with Crippen LogP contribution in [0.4, 0.5) is 14.5 Å². The molecule has 0 radical (unpaired) electrons. The van der Waals surface area contributed by atoms with Gasteiger partial charge in [-0.2, -0.15) is 0 Å². The monoisotopic (exact) mass is 345 g/mol. The Morgan fingerprint density at radius 1 is 1.16 bits per heavy atom. The summed E-state index contributed by atoms with van der Waals surface area (Å²) < 4.78 is 28.2. The Labute approximate surface area is 123 Å². The van der Waals surface area contributed by atoms with E-state index in [0.29, 0.717) is 10.7 Å². The number of nitrogens with one attached hydrogen (secondary N) is 1. The van der Waals surface area contributed by atoms with Crippen LogP contribution in [0.2, 0.25) is 5.02 Å². The average molecular weight is 347 g/mol. The van der Waals surface area contributed by atoms with E-state index in [9.17, 15) is 8.78 Å². The van der Waals surface area contributed by atoms with Gasteiger partial charge in [0.1, 0.15) is 11.6 Å². The molecule has 1 unspecified atom stereocenters. The minimum absolute atomic E-state index is 0.00135. The van der Waals surface area contributed by atoms with Gasteiger partial charge in [0.2, 0.25) is 0 Å². The predicted octanol–water partition coefficient (Wildman–Crippen LogP) is 5.55. The van der Waals surface area contributed by atoms with E-state index in [1.807, 2.05) is 0 Å². The summed E-state index contributed by atoms with van der Waals surface area (Å²) in [5.41, 5.74) is 0.615. The maximum Gasteiger partial charge on any atom is 0.131 e. The van der Waals surface area contributed by atoms with E-state index in [1.54, 1.807) is 25.1 Å². The fourth-order valence-electron chi connectivity index (χ4n) is 1.84. The van der Waals surface area contributed by atoms with Gasteiger partial charge in [-0.05, 0) is 37.3 Å². The minimum atomic E-state index is -0.578. The second-order valence-corrected chi connectivity index (χ2v) is 5.45. The molecule has 2 aromatic rings. The van der Waals surface area contributed by atoms with E-state index in [1.165, 1.54) is 18.2 Å². The Hall–Kier alpha value is -1.13. The zero-order valence-corrected chi connectivity index (χ0v) is 12.4. The van der Waals surface area contributed by atoms with Crippen molar-refractivity contribution < 1.29 is 8.78 Å². The highest BCUT2D eigenvalue weighted by molar-refractivity contribution is 9.10. The number of rotatable bonds is 3. The summed E-state index contributed by atoms with van der Waals surface area (Å²) in [6.07, 6.45) is 0. The quantitative estimate of drug-likeness (QED) is 0.768. The zero-order chi connectivity index (χ0) is 14.0. The number of benzene rings is 2. The van der Waals surface area contributed by atoms with Gasteiger partial charge in [0.05, 0.1) is 16.8 Å². The van der Waals surface area contributed by atoms with Crippen molar-refractivity contribution >= 4 is 33.2 Å². The Bertz CT molecular complexity index is 584. The summed E-state index contributed by atoms with van der Waals surface area (Å²) in [6, 6.07) is 8.54. The Morgan fingerprint density at radius 2 is 1.79 bits per heavy atom. The molecule has 0 aromatic heterocycles. The highest BCUT2D eigenvalue weighted by atomic mass is 79.9. The van der Waals surface area contributed by atoms with Crippen molar-refractivity contribution in [3.63, 3.8) is 0 Å². The van der Waals surface area contributed by atoms with Crippen molar-refractivity contribution in [2.45, 2.75) is 13.0 Å². The third-order valence-electron chi connectivity index (χ3n) is 2.73. The lowest BCUT2D eigenvalue weighted by atomic mass is 10.1. The average Bonchev–Trinajstić information content (AvgIpc) is 2.33. The van der Waals surface area contributed by atoms with Crippen LogP contribution >= 0.6 is 27.5 Å². The van der Waals surface area contributed by atoms with Crippen molar-refractivity contribution in [3.8, 4) is 0 Å². The van der Waals surface area contributed by atoms with Gasteiger partial charge in [-0.25, -0.2) is 8.78 Å². The van der Waals surface area contributed by atoms with Crippen LogP contribution in [0.3, 0.4) is 0 Å². The second kappa shape index (κ2) is 5.88. The van der Waals surface area contributed by atoms with Crippen LogP contribution in [0.1, 0.15) is 18.5 Å². The van der Waals surface area contributed by atoms with Crippen LogP contribution in [-0.4, -0.2) is 0 Å². The summed E-state index contributed by atoms with van der Waals surface area (Å²) in [6.45, 7) is 1.68. The predicted molar refractivity (Wildman–Crippen MR) is 77.5 cm³/mol. The van der Waals surface area contributed by atoms with Crippen LogP contribution < -0.4 is 5.32 Å². The molecule has 0 aliphatic carbocycles. The molecule has 0 fully saturated rings. The van der Waals surface area contributed by atoms with Gasteiger partial charge in [-0.1, -0.05) is 33.6 Å². The molecule has 0 heterocycles. The first-order valence-electron chi connectivity index (χ1n) is 5.64. The van der Waals surface area contributed by atoms with Crippen molar-refractivity contribution in [1.82, 2.24) is 0 Å². The molecule has 0 amide bonds. The first-order chi connectivity index (χ1) is 8.99. The lowest BCUT2D eigenvalue weighted by Crippen LogP contribution is -2.11. The SMILES string of the molecule is CC(Nc1cc(Br)ccc1Cl)c1c(F)cccc1F. The molecule has 2 aromatic carbocycles. The topological polar surface area (TPSA) is 12.0 Å². The molecule has 1 nitrogen and oxygen atoms in total. The Balaban J connectivity index is 2.31. The molecular formula is C14H11BrClF2N. The largest absolute Gasteiger partial charge is 0.377 e. The molecule has 2 rings (SSSR count). The molecule has 0 aliphatic heterocycles. The molecule has 1 atom stereocenters. The smallest absolute Gasteiger partial charge is 0.131 e. The molecule has 100 valence electrons. The van der Waals surface area contributed by atoms with Crippen LogP contribution in [0.25, 0.3) is 0 Å². The fraction of sp³-hybridized carbons (Fsp3) is 0.143. The Kier molecular flexibility index (Phi) is 4.42. The summed E-state index contributed by atoms with van der Waals surface area (Å²) in [5, 5.41) is 3.50. The molecule has 0 saturated carbocycles. The summed E-state index contributed by atoms with van der Waals surface area (Å²) in [5.74, 6) is -1.16. The standard InChI is InChI=1S/C14H11BrClF2N/c1-8(14-11(17)3-2-4-12(14)18)19-13-7-9(15)5-6-10(13)16/h2-8,19H,1H3. The maximum absolute atomic E-state index is 13.7. The molecule has 19 heavy (non-hydrogen) atoms. The van der Waals surface area contributed by atoms with Gasteiger partial charge in [0.25, 0.3) is 0 Å². The lowest BCUT2D eigenvalue weighted by Gasteiger charge is -2.18. The molecule has 5 heteroatoms. The highest BCUT2D eigenvalue weighted by Gasteiger charge is 2.16. The number of halogens is 4. The van der Waals surface area contributed by atoms with E-state index < -0.39 is 17.7 Å². The number of hydrogen-bond acceptors (Lipinski definition) is 1. The van der Waals surface area contributed by atoms with Gasteiger partial charge in [0.15, 0.2) is 0 Å². The molecular weight excluding hydrogens is 336 g/mol. The Morgan fingerprint density at radius 3 is 2.42 bits per heavy atom. The van der Waals surface area contributed by atoms with E-state index in [4.69, 9.17) is 11.6 Å². The number of hydrogen-bond donors (Lipinski definition) is 1. The van der Waals surface area contributed by atoms with E-state index in [0.717, 1.165) is 4.47 Å². The zero-order valence-electron chi connectivity index (χ0n) is 10.1. The molecule has 1 N–H and O–H groups in total. The van der Waals surface area contributed by atoms with Gasteiger partial charge in [-0.15, -0.1) is 0 Å². The molecule has 0 aliphatic rings. The molecule has 0 bridgehead atoms. The first-order valence-corrected chi connectivity index (χ1v) is 6.81. The maximum atomic E-state index is 13.7. The van der Waals surface area contributed by atoms with Crippen molar-refractivity contribution in [3.05, 3.63) is 63.1 Å². The minimum Gasteiger partial charge on any atom is -0.377 e. The number of anilines is 1. The highest BCUT2D eigenvalue weighted by Crippen LogP contribution is 2.30. The normalized spacial score (nSPS) is 12.3. The third-order valence-corrected chi connectivity index (χ3v) is 3.56. The summed E-state index contributed by atoms with van der Waals surface area (Å²) in [4.78, 5) is 0. The first kappa shape index (κ1) is 14.3. The van der Waals surface area contributed by atoms with Gasteiger partial charge in [0, 0.05) is 10.0 Å². The van der Waals surface area contributed by atoms with Crippen LogP contribution in [0.5, 0.6) is 0 Å². The molecule has 0 saturated heterocycles. The summed E-state index contributed by atoms with van der Waals surface area (Å²) >= 11 is 9.36. The van der Waals surface area contributed by atoms with Crippen LogP contribution in [0, 0.1) is 11.6 Å². The van der Waals surface area contributed by atoms with Gasteiger partial charge in [-0.3, -0.25) is 0 Å². The van der Waals surface area contributed by atoms with E-state index in [2.05, 4.69) is 21.2 Å². The molecule has 0 spiro atoms. The van der Waals surface area contributed by atoms with Crippen molar-refractivity contribution in [2.24, 2.45) is 0 Å². The fourth-order valence-corrected chi connectivity index (χ4v) is 2.37. The third kappa shape index (κ3) is 3.25. The second-order valence-electron chi connectivity index (χ2n) is 4.13. The van der Waals surface area contributed by atoms with Gasteiger partial charge >= 0.3 is 0 Å². The van der Waals surface area contributed by atoms with Crippen molar-refractivity contribution in [2.75, 3.05) is 5.32 Å². The van der Waals surface area contributed by atoms with Gasteiger partial charge < -0.3 is 5.32 Å². The van der Waals surface area contributed by atoms with Crippen molar-refractivity contribution in [1.29, 1.82) is 0 Å². The van der Waals surface area contributed by atoms with E-state index >= 15 is 0 Å². The lowest BCUT2D eigenvalue weighted by molar-refractivity contribution is 0.544.